The first-order chi connectivity index (χ1) is 19.7. The summed E-state index contributed by atoms with van der Waals surface area (Å²) in [5.41, 5.74) is -0.0795. The second-order valence-corrected chi connectivity index (χ2v) is 11.6. The summed E-state index contributed by atoms with van der Waals surface area (Å²) in [6.45, 7) is 0.283. The van der Waals surface area contributed by atoms with Crippen molar-refractivity contribution in [1.82, 2.24) is 4.98 Å². The van der Waals surface area contributed by atoms with Crippen molar-refractivity contribution in [3.05, 3.63) is 104 Å². The van der Waals surface area contributed by atoms with E-state index < -0.39 is 46.3 Å². The summed E-state index contributed by atoms with van der Waals surface area (Å²) in [7, 11) is 1.47. The second kappa shape index (κ2) is 10.4. The number of anilines is 1. The minimum Gasteiger partial charge on any atom is -0.493 e. The number of hydrogen-bond donors (Lipinski definition) is 1. The molecule has 2 aliphatic rings. The Hall–Kier alpha value is -4.03. The zero-order valence-corrected chi connectivity index (χ0v) is 22.9. The SMILES string of the molecule is COc1cc([C@H]2c3sc(=O)[nH]c3SC3C(=O)N(c4ccccc4C(F)(F)F)C(=O)C32)ccc1OCc1ccccc1. The maximum absolute atomic E-state index is 13.9. The van der Waals surface area contributed by atoms with Gasteiger partial charge in [-0.3, -0.25) is 14.4 Å². The maximum Gasteiger partial charge on any atom is 0.418 e. The van der Waals surface area contributed by atoms with Crippen molar-refractivity contribution in [3.8, 4) is 11.5 Å². The molecule has 3 heterocycles. The predicted octanol–water partition coefficient (Wildman–Crippen LogP) is 5.84. The number of halogens is 3. The maximum atomic E-state index is 13.9. The number of hydrogen-bond acceptors (Lipinski definition) is 7. The Bertz CT molecular complexity index is 1700. The molecule has 2 amide bonds. The summed E-state index contributed by atoms with van der Waals surface area (Å²) in [4.78, 5) is 43.4. The van der Waals surface area contributed by atoms with Crippen LogP contribution in [0.3, 0.4) is 0 Å². The number of aromatic nitrogens is 1. The second-order valence-electron chi connectivity index (χ2n) is 9.46. The molecule has 3 aromatic carbocycles. The van der Waals surface area contributed by atoms with Gasteiger partial charge in [-0.1, -0.05) is 71.6 Å². The molecular weight excluding hydrogens is 577 g/mol. The van der Waals surface area contributed by atoms with Gasteiger partial charge in [-0.15, -0.1) is 0 Å². The van der Waals surface area contributed by atoms with Gasteiger partial charge in [0.15, 0.2) is 11.5 Å². The molecule has 7 nitrogen and oxygen atoms in total. The Kier molecular flexibility index (Phi) is 6.90. The summed E-state index contributed by atoms with van der Waals surface area (Å²) in [5, 5.41) is -0.617. The number of thiazole rings is 1. The third kappa shape index (κ3) is 4.80. The summed E-state index contributed by atoms with van der Waals surface area (Å²) < 4.78 is 53.1. The van der Waals surface area contributed by atoms with Crippen molar-refractivity contribution in [2.75, 3.05) is 12.0 Å². The molecule has 0 spiro atoms. The largest absolute Gasteiger partial charge is 0.493 e. The third-order valence-electron chi connectivity index (χ3n) is 7.06. The van der Waals surface area contributed by atoms with Crippen molar-refractivity contribution >= 4 is 40.6 Å². The minimum atomic E-state index is -4.77. The van der Waals surface area contributed by atoms with Crippen LogP contribution in [0.2, 0.25) is 0 Å². The summed E-state index contributed by atoms with van der Waals surface area (Å²) in [6, 6.07) is 19.1. The van der Waals surface area contributed by atoms with E-state index in [9.17, 15) is 27.6 Å². The first-order valence-corrected chi connectivity index (χ1v) is 14.2. The number of amides is 2. The lowest BCUT2D eigenvalue weighted by molar-refractivity contribution is -0.137. The summed E-state index contributed by atoms with van der Waals surface area (Å²) in [5.74, 6) is -2.54. The molecule has 0 aliphatic carbocycles. The Morgan fingerprint density at radius 3 is 2.39 bits per heavy atom. The fourth-order valence-electron chi connectivity index (χ4n) is 5.25. The van der Waals surface area contributed by atoms with E-state index in [4.69, 9.17) is 9.47 Å². The molecule has 6 rings (SSSR count). The van der Waals surface area contributed by atoms with Crippen molar-refractivity contribution < 1.29 is 32.2 Å². The lowest BCUT2D eigenvalue weighted by atomic mass is 9.83. The molecule has 2 aliphatic heterocycles. The molecule has 3 atom stereocenters. The Morgan fingerprint density at radius 2 is 1.66 bits per heavy atom. The van der Waals surface area contributed by atoms with E-state index in [1.807, 2.05) is 30.3 Å². The number of para-hydroxylation sites is 1. The van der Waals surface area contributed by atoms with Crippen molar-refractivity contribution in [2.45, 2.75) is 29.0 Å². The molecule has 0 bridgehead atoms. The molecule has 41 heavy (non-hydrogen) atoms. The molecule has 1 saturated heterocycles. The lowest BCUT2D eigenvalue weighted by Gasteiger charge is -2.30. The van der Waals surface area contributed by atoms with Gasteiger partial charge in [0, 0.05) is 10.8 Å². The Morgan fingerprint density at radius 1 is 0.927 bits per heavy atom. The van der Waals surface area contributed by atoms with Crippen LogP contribution in [0.25, 0.3) is 0 Å². The van der Waals surface area contributed by atoms with Gasteiger partial charge in [0.1, 0.15) is 11.9 Å². The number of benzene rings is 3. The number of H-pyrrole nitrogens is 1. The number of fused-ring (bicyclic) bond motifs is 2. The fraction of sp³-hybridized carbons (Fsp3) is 0.207. The van der Waals surface area contributed by atoms with Crippen molar-refractivity contribution in [2.24, 2.45) is 5.92 Å². The number of imide groups is 1. The van der Waals surface area contributed by atoms with Crippen molar-refractivity contribution in [3.63, 3.8) is 0 Å². The van der Waals surface area contributed by atoms with E-state index in [0.29, 0.717) is 31.9 Å². The number of nitrogens with zero attached hydrogens (tertiary/aromatic N) is 1. The molecule has 210 valence electrons. The highest BCUT2D eigenvalue weighted by Gasteiger charge is 2.57. The van der Waals surface area contributed by atoms with Gasteiger partial charge in [-0.05, 0) is 35.4 Å². The van der Waals surface area contributed by atoms with Gasteiger partial charge >= 0.3 is 11.0 Å². The number of ether oxygens (including phenoxy) is 2. The van der Waals surface area contributed by atoms with E-state index in [1.165, 1.54) is 19.2 Å². The van der Waals surface area contributed by atoms with Crippen LogP contribution in [0.1, 0.15) is 27.5 Å². The van der Waals surface area contributed by atoms with E-state index in [1.54, 1.807) is 18.2 Å². The van der Waals surface area contributed by atoms with Gasteiger partial charge in [0.05, 0.1) is 29.3 Å². The minimum absolute atomic E-state index is 0.283. The van der Waals surface area contributed by atoms with Crippen LogP contribution >= 0.6 is 23.1 Å². The number of carbonyl (C=O) groups is 2. The first kappa shape index (κ1) is 27.2. The lowest BCUT2D eigenvalue weighted by Crippen LogP contribution is -2.33. The van der Waals surface area contributed by atoms with Gasteiger partial charge in [0.2, 0.25) is 11.8 Å². The third-order valence-corrected chi connectivity index (χ3v) is 9.46. The van der Waals surface area contributed by atoms with Crippen LogP contribution in [0.5, 0.6) is 11.5 Å². The molecule has 0 radical (unpaired) electrons. The van der Waals surface area contributed by atoms with E-state index in [2.05, 4.69) is 4.98 Å². The van der Waals surface area contributed by atoms with Crippen LogP contribution in [0.4, 0.5) is 18.9 Å². The van der Waals surface area contributed by atoms with Gasteiger partial charge in [0.25, 0.3) is 0 Å². The highest BCUT2D eigenvalue weighted by atomic mass is 32.2. The van der Waals surface area contributed by atoms with Gasteiger partial charge in [-0.2, -0.15) is 13.2 Å². The molecule has 12 heteroatoms. The van der Waals surface area contributed by atoms with Crippen LogP contribution in [-0.4, -0.2) is 29.2 Å². The fourth-order valence-corrected chi connectivity index (χ4v) is 7.77. The average molecular weight is 599 g/mol. The van der Waals surface area contributed by atoms with E-state index in [-0.39, 0.29) is 11.5 Å². The first-order valence-electron chi connectivity index (χ1n) is 12.5. The quantitative estimate of drug-likeness (QED) is 0.281. The Labute approximate surface area is 239 Å². The number of thioether (sulfide) groups is 1. The standard InChI is InChI=1S/C29H21F3N2O5S2/c1-38-20-13-16(11-12-19(20)39-14-15-7-3-2-4-8-15)21-22-24(40-25-23(21)41-28(37)33-25)27(36)34(26(22)35)18-10-6-5-9-17(18)29(30,31)32/h2-13,21-22,24H,14H2,1H3,(H,33,37)/t21-,22?,24?/m1/s1. The van der Waals surface area contributed by atoms with Crippen LogP contribution < -0.4 is 19.2 Å². The number of carbonyl (C=O) groups excluding carboxylic acids is 2. The van der Waals surface area contributed by atoms with Crippen LogP contribution in [-0.2, 0) is 22.4 Å². The van der Waals surface area contributed by atoms with Crippen LogP contribution in [0.15, 0.2) is 82.6 Å². The molecular formula is C29H21F3N2O5S2. The number of methoxy groups -OCH3 is 1. The summed E-state index contributed by atoms with van der Waals surface area (Å²) in [6.07, 6.45) is -4.77. The Balaban J connectivity index is 1.41. The average Bonchev–Trinajstić information content (AvgIpc) is 3.45. The van der Waals surface area contributed by atoms with E-state index >= 15 is 0 Å². The number of alkyl halides is 3. The molecule has 0 saturated carbocycles. The zero-order chi connectivity index (χ0) is 28.9. The van der Waals surface area contributed by atoms with E-state index in [0.717, 1.165) is 40.8 Å². The van der Waals surface area contributed by atoms with Crippen LogP contribution in [0, 0.1) is 5.92 Å². The molecule has 1 aromatic heterocycles. The number of nitrogens with one attached hydrogen (secondary N) is 1. The predicted molar refractivity (Wildman–Crippen MR) is 148 cm³/mol. The summed E-state index contributed by atoms with van der Waals surface area (Å²) >= 11 is 1.90. The highest BCUT2D eigenvalue weighted by molar-refractivity contribution is 8.00. The van der Waals surface area contributed by atoms with Gasteiger partial charge in [-0.25, -0.2) is 4.90 Å². The number of aromatic amines is 1. The topological polar surface area (TPSA) is 88.7 Å². The molecule has 4 aromatic rings. The zero-order valence-electron chi connectivity index (χ0n) is 21.3. The number of rotatable bonds is 6. The monoisotopic (exact) mass is 598 g/mol. The smallest absolute Gasteiger partial charge is 0.418 e. The van der Waals surface area contributed by atoms with Crippen molar-refractivity contribution in [1.29, 1.82) is 0 Å². The molecule has 2 unspecified atom stereocenters. The highest BCUT2D eigenvalue weighted by Crippen LogP contribution is 2.54. The molecule has 1 N–H and O–H groups in total. The molecule has 1 fully saturated rings. The normalized spacial score (nSPS) is 20.1. The van der Waals surface area contributed by atoms with Gasteiger partial charge < -0.3 is 14.5 Å².